The average molecular weight is 591 g/mol. The molecular weight excluding hydrogens is 551 g/mol. The minimum Gasteiger partial charge on any atom is -0.493 e. The van der Waals surface area contributed by atoms with Crippen molar-refractivity contribution in [1.29, 1.82) is 0 Å². The number of aromatic nitrogens is 1. The summed E-state index contributed by atoms with van der Waals surface area (Å²) in [5.74, 6) is 0.810. The molecule has 7 heteroatoms. The molecule has 3 aliphatic rings. The number of rotatable bonds is 8. The van der Waals surface area contributed by atoms with Crippen LogP contribution in [0.2, 0.25) is 5.02 Å². The van der Waals surface area contributed by atoms with Crippen molar-refractivity contribution < 1.29 is 19.0 Å². The van der Waals surface area contributed by atoms with Gasteiger partial charge < -0.3 is 15.2 Å². The summed E-state index contributed by atoms with van der Waals surface area (Å²) in [6.07, 6.45) is 9.78. The van der Waals surface area contributed by atoms with E-state index in [-0.39, 0.29) is 10.4 Å². The van der Waals surface area contributed by atoms with Crippen molar-refractivity contribution in [1.82, 2.24) is 4.98 Å². The van der Waals surface area contributed by atoms with Crippen LogP contribution in [-0.4, -0.2) is 28.2 Å². The molecule has 1 aromatic heterocycles. The Bertz CT molecular complexity index is 1470. The predicted molar refractivity (Wildman–Crippen MR) is 164 cm³/mol. The standard InChI is InChI=1S/C35H40ClFN2O3/c1-22(21-42-31-12-17-38-30-9-5-6-23(2)32(30)31)18-25-19-24-7-3-4-8-27(24)34(25)13-15-35(16-14-34,33(40)41)39-26-10-11-29(37)28(36)20-26/h3-4,7-8,10-12,17,20,22-23,25,39H,5-6,9,13-16,18-19,21H2,1-2H3,(H,40,41)/t22-,23-,25+,34?,35?/m1/s1. The largest absolute Gasteiger partial charge is 0.493 e. The number of carboxylic acids is 1. The van der Waals surface area contributed by atoms with Crippen LogP contribution < -0.4 is 10.1 Å². The van der Waals surface area contributed by atoms with E-state index in [1.54, 1.807) is 6.07 Å². The van der Waals surface area contributed by atoms with Crippen LogP contribution in [-0.2, 0) is 23.1 Å². The SMILES string of the molecule is C[C@@H](COc1ccnc2c1[C@H](C)CCC2)C[C@H]1Cc2ccccc2C12CCC(Nc1ccc(F)c(Cl)c1)(C(=O)O)CC2. The van der Waals surface area contributed by atoms with Crippen molar-refractivity contribution in [3.8, 4) is 5.75 Å². The number of anilines is 1. The number of halogens is 2. The van der Waals surface area contributed by atoms with Gasteiger partial charge in [-0.15, -0.1) is 0 Å². The van der Waals surface area contributed by atoms with Crippen LogP contribution in [0.4, 0.5) is 10.1 Å². The van der Waals surface area contributed by atoms with E-state index in [9.17, 15) is 14.3 Å². The summed E-state index contributed by atoms with van der Waals surface area (Å²) in [4.78, 5) is 17.3. The second-order valence-corrected chi connectivity index (χ2v) is 13.4. The maximum atomic E-state index is 13.8. The van der Waals surface area contributed by atoms with E-state index < -0.39 is 17.3 Å². The molecule has 222 valence electrons. The normalized spacial score (nSPS) is 27.2. The molecule has 0 bridgehead atoms. The molecule has 2 N–H and O–H groups in total. The van der Waals surface area contributed by atoms with E-state index in [0.717, 1.165) is 37.9 Å². The van der Waals surface area contributed by atoms with Gasteiger partial charge in [-0.3, -0.25) is 4.98 Å². The van der Waals surface area contributed by atoms with E-state index in [4.69, 9.17) is 16.3 Å². The third-order valence-electron chi connectivity index (χ3n) is 10.3. The summed E-state index contributed by atoms with van der Waals surface area (Å²) in [7, 11) is 0. The van der Waals surface area contributed by atoms with E-state index >= 15 is 0 Å². The quantitative estimate of drug-likeness (QED) is 0.276. The number of benzene rings is 2. The lowest BCUT2D eigenvalue weighted by Gasteiger charge is -2.47. The van der Waals surface area contributed by atoms with Gasteiger partial charge in [0, 0.05) is 23.1 Å². The van der Waals surface area contributed by atoms with E-state index in [0.29, 0.717) is 42.9 Å². The highest BCUT2D eigenvalue weighted by Gasteiger charge is 2.54. The molecule has 5 nitrogen and oxygen atoms in total. The van der Waals surface area contributed by atoms with Gasteiger partial charge in [-0.05, 0) is 116 Å². The molecule has 1 spiro atoms. The Kier molecular flexibility index (Phi) is 7.95. The minimum atomic E-state index is -1.12. The molecule has 1 heterocycles. The van der Waals surface area contributed by atoms with Crippen molar-refractivity contribution in [3.63, 3.8) is 0 Å². The number of aryl methyl sites for hydroxylation is 1. The van der Waals surface area contributed by atoms with Gasteiger partial charge in [-0.2, -0.15) is 0 Å². The molecule has 1 fully saturated rings. The predicted octanol–water partition coefficient (Wildman–Crippen LogP) is 8.34. The Morgan fingerprint density at radius 2 is 1.98 bits per heavy atom. The lowest BCUT2D eigenvalue weighted by atomic mass is 9.59. The molecule has 0 saturated heterocycles. The summed E-state index contributed by atoms with van der Waals surface area (Å²) >= 11 is 6.01. The molecule has 3 aliphatic carbocycles. The van der Waals surface area contributed by atoms with Crippen molar-refractivity contribution in [3.05, 3.63) is 88.0 Å². The van der Waals surface area contributed by atoms with Crippen LogP contribution in [0.1, 0.15) is 87.1 Å². The maximum absolute atomic E-state index is 13.8. The molecular formula is C35H40ClFN2O3. The number of nitrogens with zero attached hydrogens (tertiary/aromatic N) is 1. The number of pyridine rings is 1. The molecule has 1 saturated carbocycles. The van der Waals surface area contributed by atoms with Crippen molar-refractivity contribution in [2.75, 3.05) is 11.9 Å². The van der Waals surface area contributed by atoms with Crippen LogP contribution in [0.5, 0.6) is 5.75 Å². The monoisotopic (exact) mass is 590 g/mol. The fourth-order valence-electron chi connectivity index (χ4n) is 8.07. The number of hydrogen-bond donors (Lipinski definition) is 2. The maximum Gasteiger partial charge on any atom is 0.329 e. The summed E-state index contributed by atoms with van der Waals surface area (Å²) in [6, 6.07) is 15.0. The highest BCUT2D eigenvalue weighted by atomic mass is 35.5. The van der Waals surface area contributed by atoms with E-state index in [1.165, 1.54) is 47.4 Å². The number of ether oxygens (including phenoxy) is 1. The first-order valence-corrected chi connectivity index (χ1v) is 15.7. The van der Waals surface area contributed by atoms with Gasteiger partial charge in [0.05, 0.1) is 11.6 Å². The van der Waals surface area contributed by atoms with E-state index in [2.05, 4.69) is 48.4 Å². The summed E-state index contributed by atoms with van der Waals surface area (Å²) in [5.41, 5.74) is 4.56. The Balaban J connectivity index is 1.19. The van der Waals surface area contributed by atoms with Gasteiger partial charge in [0.1, 0.15) is 17.1 Å². The van der Waals surface area contributed by atoms with Crippen LogP contribution in [0.3, 0.4) is 0 Å². The van der Waals surface area contributed by atoms with Gasteiger partial charge in [-0.1, -0.05) is 49.7 Å². The van der Waals surface area contributed by atoms with Gasteiger partial charge in [0.15, 0.2) is 0 Å². The van der Waals surface area contributed by atoms with Crippen LogP contribution in [0, 0.1) is 17.7 Å². The fraction of sp³-hybridized carbons (Fsp3) is 0.486. The van der Waals surface area contributed by atoms with Gasteiger partial charge in [0.25, 0.3) is 0 Å². The number of nitrogens with one attached hydrogen (secondary N) is 1. The van der Waals surface area contributed by atoms with Crippen molar-refractivity contribution in [2.24, 2.45) is 11.8 Å². The lowest BCUT2D eigenvalue weighted by Crippen LogP contribution is -2.53. The smallest absolute Gasteiger partial charge is 0.329 e. The Morgan fingerprint density at radius 1 is 1.19 bits per heavy atom. The molecule has 2 aromatic carbocycles. The molecule has 0 amide bonds. The molecule has 0 radical (unpaired) electrons. The lowest BCUT2D eigenvalue weighted by molar-refractivity contribution is -0.144. The molecule has 42 heavy (non-hydrogen) atoms. The zero-order chi connectivity index (χ0) is 29.5. The average Bonchev–Trinajstić information content (AvgIpc) is 3.27. The highest BCUT2D eigenvalue weighted by Crippen LogP contribution is 2.56. The molecule has 0 unspecified atom stereocenters. The number of carbonyl (C=O) groups is 1. The first-order chi connectivity index (χ1) is 20.2. The fourth-order valence-corrected chi connectivity index (χ4v) is 8.25. The Hall–Kier alpha value is -3.12. The van der Waals surface area contributed by atoms with Crippen molar-refractivity contribution in [2.45, 2.75) is 88.5 Å². The zero-order valence-corrected chi connectivity index (χ0v) is 25.2. The van der Waals surface area contributed by atoms with Gasteiger partial charge in [-0.25, -0.2) is 9.18 Å². The van der Waals surface area contributed by atoms with Crippen molar-refractivity contribution >= 4 is 23.3 Å². The molecule has 6 rings (SSSR count). The summed E-state index contributed by atoms with van der Waals surface area (Å²) < 4.78 is 20.3. The first kappa shape index (κ1) is 29.0. The number of aliphatic carboxylic acids is 1. The number of fused-ring (bicyclic) bond motifs is 3. The Labute approximate surface area is 252 Å². The highest BCUT2D eigenvalue weighted by molar-refractivity contribution is 6.31. The van der Waals surface area contributed by atoms with Crippen LogP contribution >= 0.6 is 11.6 Å². The Morgan fingerprint density at radius 3 is 2.74 bits per heavy atom. The van der Waals surface area contributed by atoms with Crippen LogP contribution in [0.15, 0.2) is 54.7 Å². The summed E-state index contributed by atoms with van der Waals surface area (Å²) in [5, 5.41) is 13.6. The zero-order valence-electron chi connectivity index (χ0n) is 24.5. The van der Waals surface area contributed by atoms with Gasteiger partial charge >= 0.3 is 5.97 Å². The van der Waals surface area contributed by atoms with Crippen LogP contribution in [0.25, 0.3) is 0 Å². The first-order valence-electron chi connectivity index (χ1n) is 15.4. The number of carboxylic acid groups (broad SMARTS) is 1. The summed E-state index contributed by atoms with van der Waals surface area (Å²) in [6.45, 7) is 5.20. The third-order valence-corrected chi connectivity index (χ3v) is 10.6. The minimum absolute atomic E-state index is 0.0180. The van der Waals surface area contributed by atoms with Gasteiger partial charge in [0.2, 0.25) is 0 Å². The van der Waals surface area contributed by atoms with E-state index in [1.807, 2.05) is 12.3 Å². The second kappa shape index (κ2) is 11.5. The molecule has 3 atom stereocenters. The molecule has 3 aromatic rings. The third kappa shape index (κ3) is 5.27. The molecule has 0 aliphatic heterocycles. The number of hydrogen-bond acceptors (Lipinski definition) is 4. The second-order valence-electron chi connectivity index (χ2n) is 13.0. The topological polar surface area (TPSA) is 71.5 Å².